The summed E-state index contributed by atoms with van der Waals surface area (Å²) in [4.78, 5) is 34.4. The molecule has 0 N–H and O–H groups in total. The minimum Gasteiger partial charge on any atom is -0.465 e. The van der Waals surface area contributed by atoms with Crippen LogP contribution in [0, 0.1) is 0 Å². The van der Waals surface area contributed by atoms with Gasteiger partial charge in [0.25, 0.3) is 0 Å². The topological polar surface area (TPSA) is 94.0 Å². The van der Waals surface area contributed by atoms with E-state index in [4.69, 9.17) is 0 Å². The van der Waals surface area contributed by atoms with Gasteiger partial charge in [-0.25, -0.2) is 14.8 Å². The van der Waals surface area contributed by atoms with E-state index < -0.39 is 5.97 Å². The minimum absolute atomic E-state index is 0.395. The SMILES string of the molecule is COC(=O)c1ccc(CN(c2cnccn2)c2cnccn2)nc1. The fourth-order valence-corrected chi connectivity index (χ4v) is 2.06. The van der Waals surface area contributed by atoms with Gasteiger partial charge in [0.05, 0.1) is 37.3 Å². The molecule has 3 aromatic heterocycles. The summed E-state index contributed by atoms with van der Waals surface area (Å²) in [5, 5.41) is 0. The number of hydrogen-bond acceptors (Lipinski definition) is 8. The van der Waals surface area contributed by atoms with Crippen LogP contribution < -0.4 is 4.90 Å². The summed E-state index contributed by atoms with van der Waals surface area (Å²) in [5.41, 5.74) is 1.13. The Bertz CT molecular complexity index is 756. The average molecular weight is 322 g/mol. The molecule has 0 saturated heterocycles. The molecule has 0 bridgehead atoms. The van der Waals surface area contributed by atoms with Crippen molar-refractivity contribution in [3.05, 3.63) is 66.8 Å². The van der Waals surface area contributed by atoms with Gasteiger partial charge in [-0.2, -0.15) is 0 Å². The third-order valence-corrected chi connectivity index (χ3v) is 3.22. The first kappa shape index (κ1) is 15.5. The van der Waals surface area contributed by atoms with Crippen LogP contribution in [0.15, 0.2) is 55.5 Å². The highest BCUT2D eigenvalue weighted by atomic mass is 16.5. The number of carbonyl (C=O) groups excluding carboxylic acids is 1. The van der Waals surface area contributed by atoms with Crippen LogP contribution in [0.4, 0.5) is 11.6 Å². The van der Waals surface area contributed by atoms with Crippen molar-refractivity contribution in [2.45, 2.75) is 6.54 Å². The smallest absolute Gasteiger partial charge is 0.339 e. The molecule has 0 amide bonds. The molecular formula is C16H14N6O2. The standard InChI is InChI=1S/C16H14N6O2/c1-24-16(23)12-2-3-13(21-8-12)11-22(14-9-17-4-6-19-14)15-10-18-5-7-20-15/h2-10H,11H2,1H3. The van der Waals surface area contributed by atoms with Crippen molar-refractivity contribution in [3.63, 3.8) is 0 Å². The van der Waals surface area contributed by atoms with Gasteiger partial charge in [-0.05, 0) is 12.1 Å². The molecular weight excluding hydrogens is 308 g/mol. The Kier molecular flexibility index (Phi) is 4.66. The van der Waals surface area contributed by atoms with Crippen molar-refractivity contribution in [1.29, 1.82) is 0 Å². The van der Waals surface area contributed by atoms with Crippen LogP contribution >= 0.6 is 0 Å². The molecule has 0 atom stereocenters. The Morgan fingerprint density at radius 1 is 0.958 bits per heavy atom. The Morgan fingerprint density at radius 3 is 2.08 bits per heavy atom. The Hall–Kier alpha value is -3.42. The lowest BCUT2D eigenvalue weighted by molar-refractivity contribution is 0.0600. The quantitative estimate of drug-likeness (QED) is 0.656. The number of rotatable bonds is 5. The molecule has 3 rings (SSSR count). The lowest BCUT2D eigenvalue weighted by Crippen LogP contribution is -2.20. The lowest BCUT2D eigenvalue weighted by atomic mass is 10.2. The molecule has 0 aliphatic rings. The predicted octanol–water partition coefficient (Wildman–Crippen LogP) is 1.79. The molecule has 24 heavy (non-hydrogen) atoms. The molecule has 0 radical (unpaired) electrons. The predicted molar refractivity (Wildman–Crippen MR) is 85.5 cm³/mol. The molecule has 3 aromatic rings. The summed E-state index contributed by atoms with van der Waals surface area (Å²) in [6.45, 7) is 0.402. The number of nitrogens with zero attached hydrogens (tertiary/aromatic N) is 6. The van der Waals surface area contributed by atoms with E-state index in [2.05, 4.69) is 29.7 Å². The zero-order chi connectivity index (χ0) is 16.8. The van der Waals surface area contributed by atoms with Gasteiger partial charge in [0.1, 0.15) is 0 Å². The molecule has 0 saturated carbocycles. The van der Waals surface area contributed by atoms with E-state index in [0.717, 1.165) is 5.69 Å². The van der Waals surface area contributed by atoms with Gasteiger partial charge < -0.3 is 9.64 Å². The van der Waals surface area contributed by atoms with Crippen molar-refractivity contribution in [2.24, 2.45) is 0 Å². The second-order valence-electron chi connectivity index (χ2n) is 4.74. The molecule has 0 aliphatic heterocycles. The lowest BCUT2D eigenvalue weighted by Gasteiger charge is -2.21. The molecule has 0 fully saturated rings. The van der Waals surface area contributed by atoms with Crippen LogP contribution in [-0.4, -0.2) is 38.0 Å². The zero-order valence-electron chi connectivity index (χ0n) is 12.9. The summed E-state index contributed by atoms with van der Waals surface area (Å²) in [5.74, 6) is 0.822. The summed E-state index contributed by atoms with van der Waals surface area (Å²) < 4.78 is 4.67. The van der Waals surface area contributed by atoms with Crippen molar-refractivity contribution in [1.82, 2.24) is 24.9 Å². The van der Waals surface area contributed by atoms with Crippen LogP contribution in [0.1, 0.15) is 16.1 Å². The highest BCUT2D eigenvalue weighted by Crippen LogP contribution is 2.21. The third kappa shape index (κ3) is 3.49. The van der Waals surface area contributed by atoms with Gasteiger partial charge in [-0.3, -0.25) is 15.0 Å². The second kappa shape index (κ2) is 7.23. The molecule has 0 aromatic carbocycles. The summed E-state index contributed by atoms with van der Waals surface area (Å²) in [6, 6.07) is 3.42. The van der Waals surface area contributed by atoms with E-state index in [1.165, 1.54) is 13.3 Å². The molecule has 0 unspecified atom stereocenters. The minimum atomic E-state index is -0.422. The van der Waals surface area contributed by atoms with Crippen LogP contribution in [0.3, 0.4) is 0 Å². The number of methoxy groups -OCH3 is 1. The monoisotopic (exact) mass is 322 g/mol. The van der Waals surface area contributed by atoms with E-state index in [-0.39, 0.29) is 0 Å². The van der Waals surface area contributed by atoms with E-state index in [9.17, 15) is 4.79 Å². The Balaban J connectivity index is 1.89. The second-order valence-corrected chi connectivity index (χ2v) is 4.74. The van der Waals surface area contributed by atoms with Crippen LogP contribution in [-0.2, 0) is 11.3 Å². The molecule has 0 spiro atoms. The van der Waals surface area contributed by atoms with E-state index >= 15 is 0 Å². The van der Waals surface area contributed by atoms with Crippen molar-refractivity contribution < 1.29 is 9.53 Å². The molecule has 3 heterocycles. The highest BCUT2D eigenvalue weighted by molar-refractivity contribution is 5.88. The van der Waals surface area contributed by atoms with E-state index in [1.54, 1.807) is 49.3 Å². The van der Waals surface area contributed by atoms with Crippen LogP contribution in [0.5, 0.6) is 0 Å². The van der Waals surface area contributed by atoms with E-state index in [0.29, 0.717) is 23.7 Å². The fourth-order valence-electron chi connectivity index (χ4n) is 2.06. The van der Waals surface area contributed by atoms with Gasteiger partial charge in [0.15, 0.2) is 11.6 Å². The number of pyridine rings is 1. The molecule has 120 valence electrons. The number of hydrogen-bond donors (Lipinski definition) is 0. The van der Waals surface area contributed by atoms with Gasteiger partial charge in [0, 0.05) is 31.0 Å². The first-order chi connectivity index (χ1) is 11.8. The van der Waals surface area contributed by atoms with Gasteiger partial charge in [0.2, 0.25) is 0 Å². The number of anilines is 2. The number of carbonyl (C=O) groups is 1. The first-order valence-electron chi connectivity index (χ1n) is 7.11. The largest absolute Gasteiger partial charge is 0.465 e. The molecule has 8 nitrogen and oxygen atoms in total. The maximum Gasteiger partial charge on any atom is 0.339 e. The van der Waals surface area contributed by atoms with Crippen molar-refractivity contribution in [2.75, 3.05) is 12.0 Å². The summed E-state index contributed by atoms with van der Waals surface area (Å²) in [7, 11) is 1.33. The van der Waals surface area contributed by atoms with Crippen molar-refractivity contribution >= 4 is 17.6 Å². The van der Waals surface area contributed by atoms with Crippen molar-refractivity contribution in [3.8, 4) is 0 Å². The molecule has 8 heteroatoms. The summed E-state index contributed by atoms with van der Waals surface area (Å²) in [6.07, 6.45) is 11.2. The number of aromatic nitrogens is 5. The van der Waals surface area contributed by atoms with Crippen LogP contribution in [0.2, 0.25) is 0 Å². The highest BCUT2D eigenvalue weighted by Gasteiger charge is 2.14. The van der Waals surface area contributed by atoms with Gasteiger partial charge >= 0.3 is 5.97 Å². The first-order valence-corrected chi connectivity index (χ1v) is 7.11. The Labute approximate surface area is 138 Å². The zero-order valence-corrected chi connectivity index (χ0v) is 12.9. The van der Waals surface area contributed by atoms with E-state index in [1.807, 2.05) is 4.90 Å². The maximum absolute atomic E-state index is 11.5. The summed E-state index contributed by atoms with van der Waals surface area (Å²) >= 11 is 0. The van der Waals surface area contributed by atoms with Crippen LogP contribution in [0.25, 0.3) is 0 Å². The normalized spacial score (nSPS) is 10.2. The van der Waals surface area contributed by atoms with Gasteiger partial charge in [-0.1, -0.05) is 0 Å². The Morgan fingerprint density at radius 2 is 1.62 bits per heavy atom. The van der Waals surface area contributed by atoms with Gasteiger partial charge in [-0.15, -0.1) is 0 Å². The maximum atomic E-state index is 11.5. The fraction of sp³-hybridized carbons (Fsp3) is 0.125. The molecule has 0 aliphatic carbocycles. The number of esters is 1. The average Bonchev–Trinajstić information content (AvgIpc) is 2.67. The third-order valence-electron chi connectivity index (χ3n) is 3.22. The number of ether oxygens (including phenoxy) is 1.